The van der Waals surface area contributed by atoms with Crippen molar-refractivity contribution in [2.24, 2.45) is 0 Å². The third-order valence-electron chi connectivity index (χ3n) is 3.34. The third kappa shape index (κ3) is 3.26. The first-order valence-corrected chi connectivity index (χ1v) is 7.63. The van der Waals surface area contributed by atoms with Gasteiger partial charge in [0.15, 0.2) is 0 Å². The SMILES string of the molecule is O=C(O)c1sc(CN2CCNCC2)nc1-c1ccccn1. The molecule has 1 aliphatic heterocycles. The largest absolute Gasteiger partial charge is 0.477 e. The number of rotatable bonds is 4. The van der Waals surface area contributed by atoms with Gasteiger partial charge in [-0.05, 0) is 12.1 Å². The van der Waals surface area contributed by atoms with Crippen LogP contribution >= 0.6 is 11.3 Å². The molecule has 6 nitrogen and oxygen atoms in total. The molecule has 1 saturated heterocycles. The van der Waals surface area contributed by atoms with E-state index in [9.17, 15) is 9.90 Å². The highest BCUT2D eigenvalue weighted by molar-refractivity contribution is 7.14. The second kappa shape index (κ2) is 6.30. The fourth-order valence-electron chi connectivity index (χ4n) is 2.31. The molecule has 1 aliphatic rings. The van der Waals surface area contributed by atoms with Crippen LogP contribution in [0.25, 0.3) is 11.4 Å². The van der Waals surface area contributed by atoms with Crippen LogP contribution < -0.4 is 5.32 Å². The molecule has 2 aromatic rings. The molecule has 0 bridgehead atoms. The van der Waals surface area contributed by atoms with Gasteiger partial charge in [-0.25, -0.2) is 9.78 Å². The number of hydrogen-bond acceptors (Lipinski definition) is 6. The van der Waals surface area contributed by atoms with Crippen LogP contribution in [0.15, 0.2) is 24.4 Å². The Labute approximate surface area is 126 Å². The fraction of sp³-hybridized carbons (Fsp3) is 0.357. The third-order valence-corrected chi connectivity index (χ3v) is 4.37. The van der Waals surface area contributed by atoms with Crippen LogP contribution in [-0.4, -0.2) is 52.1 Å². The first-order valence-electron chi connectivity index (χ1n) is 6.81. The topological polar surface area (TPSA) is 78.4 Å². The van der Waals surface area contributed by atoms with E-state index in [1.54, 1.807) is 18.3 Å². The lowest BCUT2D eigenvalue weighted by Crippen LogP contribution is -2.42. The van der Waals surface area contributed by atoms with Gasteiger partial charge in [0.2, 0.25) is 0 Å². The first kappa shape index (κ1) is 14.1. The minimum atomic E-state index is -0.945. The molecule has 1 fully saturated rings. The zero-order chi connectivity index (χ0) is 14.7. The van der Waals surface area contributed by atoms with Crippen LogP contribution in [-0.2, 0) is 6.54 Å². The molecule has 0 radical (unpaired) electrons. The number of nitrogens with one attached hydrogen (secondary N) is 1. The first-order chi connectivity index (χ1) is 10.2. The van der Waals surface area contributed by atoms with Crippen LogP contribution in [0.2, 0.25) is 0 Å². The number of pyridine rings is 1. The molecule has 0 aliphatic carbocycles. The number of aromatic nitrogens is 2. The van der Waals surface area contributed by atoms with E-state index in [1.807, 2.05) is 6.07 Å². The van der Waals surface area contributed by atoms with E-state index < -0.39 is 5.97 Å². The summed E-state index contributed by atoms with van der Waals surface area (Å²) < 4.78 is 0. The Morgan fingerprint density at radius 2 is 2.19 bits per heavy atom. The molecular weight excluding hydrogens is 288 g/mol. The summed E-state index contributed by atoms with van der Waals surface area (Å²) in [6, 6.07) is 5.43. The van der Waals surface area contributed by atoms with Crippen LogP contribution in [0.1, 0.15) is 14.7 Å². The lowest BCUT2D eigenvalue weighted by molar-refractivity contribution is 0.0702. The number of carbonyl (C=O) groups is 1. The predicted octanol–water partition coefficient (Wildman–Crippen LogP) is 1.31. The van der Waals surface area contributed by atoms with Gasteiger partial charge in [0, 0.05) is 32.4 Å². The van der Waals surface area contributed by atoms with Crippen molar-refractivity contribution >= 4 is 17.3 Å². The van der Waals surface area contributed by atoms with Crippen molar-refractivity contribution in [3.8, 4) is 11.4 Å². The van der Waals surface area contributed by atoms with Crippen molar-refractivity contribution in [2.75, 3.05) is 26.2 Å². The Kier molecular flexibility index (Phi) is 4.23. The van der Waals surface area contributed by atoms with Crippen molar-refractivity contribution in [3.05, 3.63) is 34.3 Å². The van der Waals surface area contributed by atoms with Crippen molar-refractivity contribution in [2.45, 2.75) is 6.54 Å². The zero-order valence-corrected chi connectivity index (χ0v) is 12.3. The number of carboxylic acid groups (broad SMARTS) is 1. The standard InChI is InChI=1S/C14H16N4O2S/c19-14(20)13-12(10-3-1-2-4-16-10)17-11(21-13)9-18-7-5-15-6-8-18/h1-4,15H,5-9H2,(H,19,20). The van der Waals surface area contributed by atoms with Gasteiger partial charge in [0.1, 0.15) is 15.6 Å². The highest BCUT2D eigenvalue weighted by Gasteiger charge is 2.21. The number of nitrogens with zero attached hydrogens (tertiary/aromatic N) is 3. The van der Waals surface area contributed by atoms with E-state index in [-0.39, 0.29) is 4.88 Å². The highest BCUT2D eigenvalue weighted by Crippen LogP contribution is 2.27. The minimum absolute atomic E-state index is 0.263. The Bertz CT molecular complexity index is 623. The Balaban J connectivity index is 1.87. The van der Waals surface area contributed by atoms with Gasteiger partial charge in [0.05, 0.1) is 12.2 Å². The average Bonchev–Trinajstić information content (AvgIpc) is 2.93. The molecule has 0 amide bonds. The second-order valence-electron chi connectivity index (χ2n) is 4.83. The summed E-state index contributed by atoms with van der Waals surface area (Å²) in [6.45, 7) is 4.54. The van der Waals surface area contributed by atoms with Crippen LogP contribution in [0.4, 0.5) is 0 Å². The minimum Gasteiger partial charge on any atom is -0.477 e. The summed E-state index contributed by atoms with van der Waals surface area (Å²) in [5.74, 6) is -0.945. The maximum atomic E-state index is 11.4. The summed E-state index contributed by atoms with van der Waals surface area (Å²) in [5, 5.41) is 13.5. The van der Waals surface area contributed by atoms with Gasteiger partial charge in [-0.3, -0.25) is 9.88 Å². The molecule has 0 spiro atoms. The number of thiazole rings is 1. The van der Waals surface area contributed by atoms with Gasteiger partial charge in [0.25, 0.3) is 0 Å². The summed E-state index contributed by atoms with van der Waals surface area (Å²) >= 11 is 1.24. The summed E-state index contributed by atoms with van der Waals surface area (Å²) in [4.78, 5) is 22.7. The second-order valence-corrected chi connectivity index (χ2v) is 5.92. The Morgan fingerprint density at radius 1 is 1.38 bits per heavy atom. The summed E-state index contributed by atoms with van der Waals surface area (Å²) in [6.07, 6.45) is 1.65. The quantitative estimate of drug-likeness (QED) is 0.887. The molecule has 2 aromatic heterocycles. The molecule has 0 saturated carbocycles. The molecule has 3 rings (SSSR count). The monoisotopic (exact) mass is 304 g/mol. The lowest BCUT2D eigenvalue weighted by Gasteiger charge is -2.26. The van der Waals surface area contributed by atoms with E-state index in [4.69, 9.17) is 0 Å². The maximum Gasteiger partial charge on any atom is 0.348 e. The van der Waals surface area contributed by atoms with Crippen LogP contribution in [0.3, 0.4) is 0 Å². The molecule has 0 atom stereocenters. The van der Waals surface area contributed by atoms with E-state index in [0.717, 1.165) is 31.2 Å². The molecule has 2 N–H and O–H groups in total. The Morgan fingerprint density at radius 3 is 2.86 bits per heavy atom. The molecule has 0 unspecified atom stereocenters. The predicted molar refractivity (Wildman–Crippen MR) is 80.5 cm³/mol. The smallest absolute Gasteiger partial charge is 0.348 e. The van der Waals surface area contributed by atoms with Crippen LogP contribution in [0, 0.1) is 0 Å². The number of carboxylic acids is 1. The van der Waals surface area contributed by atoms with Gasteiger partial charge in [-0.15, -0.1) is 11.3 Å². The average molecular weight is 304 g/mol. The van der Waals surface area contributed by atoms with Crippen LogP contribution in [0.5, 0.6) is 0 Å². The molecule has 110 valence electrons. The molecule has 0 aromatic carbocycles. The highest BCUT2D eigenvalue weighted by atomic mass is 32.1. The van der Waals surface area contributed by atoms with Gasteiger partial charge >= 0.3 is 5.97 Å². The van der Waals surface area contributed by atoms with Crippen molar-refractivity contribution < 1.29 is 9.90 Å². The van der Waals surface area contributed by atoms with E-state index in [0.29, 0.717) is 17.9 Å². The molecule has 21 heavy (non-hydrogen) atoms. The lowest BCUT2D eigenvalue weighted by atomic mass is 10.2. The summed E-state index contributed by atoms with van der Waals surface area (Å²) in [5.41, 5.74) is 1.08. The zero-order valence-electron chi connectivity index (χ0n) is 11.5. The summed E-state index contributed by atoms with van der Waals surface area (Å²) in [7, 11) is 0. The fourth-order valence-corrected chi connectivity index (χ4v) is 3.27. The van der Waals surface area contributed by atoms with E-state index in [1.165, 1.54) is 11.3 Å². The van der Waals surface area contributed by atoms with Gasteiger partial charge < -0.3 is 10.4 Å². The number of piperazine rings is 1. The molecule has 7 heteroatoms. The van der Waals surface area contributed by atoms with E-state index in [2.05, 4.69) is 20.2 Å². The van der Waals surface area contributed by atoms with Gasteiger partial charge in [-0.2, -0.15) is 0 Å². The van der Waals surface area contributed by atoms with E-state index >= 15 is 0 Å². The normalized spacial score (nSPS) is 16.0. The molecule has 3 heterocycles. The van der Waals surface area contributed by atoms with Gasteiger partial charge in [-0.1, -0.05) is 6.07 Å². The molecular formula is C14H16N4O2S. The van der Waals surface area contributed by atoms with Crippen molar-refractivity contribution in [1.29, 1.82) is 0 Å². The van der Waals surface area contributed by atoms with Crippen molar-refractivity contribution in [3.63, 3.8) is 0 Å². The number of aromatic carboxylic acids is 1. The number of hydrogen-bond donors (Lipinski definition) is 2. The van der Waals surface area contributed by atoms with Crippen molar-refractivity contribution in [1.82, 2.24) is 20.2 Å². The maximum absolute atomic E-state index is 11.4. The Hall–Kier alpha value is -1.83.